The number of nitrogens with one attached hydrogen (secondary N) is 1. The molecule has 0 atom stereocenters. The normalized spacial score (nSPS) is 18.0. The number of amides is 1. The van der Waals surface area contributed by atoms with Crippen LogP contribution in [0.25, 0.3) is 5.70 Å². The van der Waals surface area contributed by atoms with Crippen LogP contribution in [-0.4, -0.2) is 52.6 Å². The van der Waals surface area contributed by atoms with E-state index >= 15 is 0 Å². The fourth-order valence-corrected chi connectivity index (χ4v) is 5.10. The summed E-state index contributed by atoms with van der Waals surface area (Å²) in [6, 6.07) is 13.8. The lowest BCUT2D eigenvalue weighted by atomic mass is 10.1. The number of fused-ring (bicyclic) bond motifs is 1. The molecule has 7 nitrogen and oxygen atoms in total. The van der Waals surface area contributed by atoms with Gasteiger partial charge in [-0.3, -0.25) is 4.79 Å². The van der Waals surface area contributed by atoms with Gasteiger partial charge in [-0.2, -0.15) is 0 Å². The number of hydrogen-bond donors (Lipinski definition) is 1. The van der Waals surface area contributed by atoms with Crippen molar-refractivity contribution in [2.75, 3.05) is 38.7 Å². The van der Waals surface area contributed by atoms with Crippen molar-refractivity contribution in [3.05, 3.63) is 59.0 Å². The molecule has 1 fully saturated rings. The third-order valence-electron chi connectivity index (χ3n) is 4.77. The highest BCUT2D eigenvalue weighted by Crippen LogP contribution is 2.40. The molecule has 146 valence electrons. The Kier molecular flexibility index (Phi) is 4.82. The molecule has 2 aromatic carbocycles. The smallest absolute Gasteiger partial charge is 0.268 e. The molecule has 0 radical (unpaired) electrons. The number of rotatable bonds is 4. The lowest BCUT2D eigenvalue weighted by Gasteiger charge is -2.27. The van der Waals surface area contributed by atoms with Crippen LogP contribution in [-0.2, 0) is 19.4 Å². The monoisotopic (exact) mass is 400 g/mol. The lowest BCUT2D eigenvalue weighted by Crippen LogP contribution is -2.42. The molecule has 0 unspecified atom stereocenters. The molecule has 4 rings (SSSR count). The van der Waals surface area contributed by atoms with E-state index in [1.807, 2.05) is 0 Å². The molecule has 8 heteroatoms. The molecule has 2 aliphatic rings. The van der Waals surface area contributed by atoms with Crippen molar-refractivity contribution in [1.29, 1.82) is 0 Å². The highest BCUT2D eigenvalue weighted by molar-refractivity contribution is 7.97. The van der Waals surface area contributed by atoms with Crippen LogP contribution < -0.4 is 10.1 Å². The molecule has 1 saturated heterocycles. The molecule has 1 amide bonds. The zero-order valence-electron chi connectivity index (χ0n) is 15.3. The molecule has 0 aliphatic carbocycles. The first-order valence-corrected chi connectivity index (χ1v) is 10.4. The average molecular weight is 400 g/mol. The van der Waals surface area contributed by atoms with Crippen LogP contribution in [0.1, 0.15) is 5.56 Å². The number of methoxy groups -OCH3 is 1. The molecular weight excluding hydrogens is 380 g/mol. The average Bonchev–Trinajstić information content (AvgIpc) is 2.95. The molecule has 28 heavy (non-hydrogen) atoms. The molecule has 0 spiro atoms. The number of benzene rings is 2. The van der Waals surface area contributed by atoms with E-state index in [1.54, 1.807) is 49.6 Å². The van der Waals surface area contributed by atoms with Crippen molar-refractivity contribution >= 4 is 27.1 Å². The molecule has 2 aliphatic heterocycles. The van der Waals surface area contributed by atoms with Crippen LogP contribution in [0, 0.1) is 0 Å². The Balaban J connectivity index is 1.83. The van der Waals surface area contributed by atoms with Gasteiger partial charge in [0, 0.05) is 30.4 Å². The standard InChI is InChI=1S/C20H20N2O5S/c1-26-15-6-4-5-14(13-15)21-18-16-7-2-3-8-17(16)28(24,25)19(18)20(23)22-9-11-27-12-10-22/h2-8,13,21H,9-12H2,1H3. The van der Waals surface area contributed by atoms with Gasteiger partial charge in [0.25, 0.3) is 5.91 Å². The zero-order valence-corrected chi connectivity index (χ0v) is 16.2. The van der Waals surface area contributed by atoms with Gasteiger partial charge in [-0.05, 0) is 18.2 Å². The molecule has 1 N–H and O–H groups in total. The summed E-state index contributed by atoms with van der Waals surface area (Å²) >= 11 is 0. The Morgan fingerprint density at radius 3 is 2.61 bits per heavy atom. The molecule has 2 heterocycles. The van der Waals surface area contributed by atoms with Crippen molar-refractivity contribution in [2.45, 2.75) is 4.90 Å². The van der Waals surface area contributed by atoms with Crippen LogP contribution in [0.3, 0.4) is 0 Å². The lowest BCUT2D eigenvalue weighted by molar-refractivity contribution is -0.130. The first-order valence-electron chi connectivity index (χ1n) is 8.89. The maximum absolute atomic E-state index is 13.2. The Morgan fingerprint density at radius 1 is 1.11 bits per heavy atom. The van der Waals surface area contributed by atoms with Crippen molar-refractivity contribution in [3.8, 4) is 5.75 Å². The van der Waals surface area contributed by atoms with Gasteiger partial charge in [0.2, 0.25) is 9.84 Å². The van der Waals surface area contributed by atoms with Gasteiger partial charge in [-0.1, -0.05) is 24.3 Å². The van der Waals surface area contributed by atoms with E-state index in [0.717, 1.165) is 0 Å². The Hall–Kier alpha value is -2.84. The van der Waals surface area contributed by atoms with E-state index in [0.29, 0.717) is 49.0 Å². The van der Waals surface area contributed by atoms with Gasteiger partial charge in [0.05, 0.1) is 30.9 Å². The SMILES string of the molecule is COc1cccc(NC2=C(C(=O)N3CCOCC3)S(=O)(=O)c3ccccc32)c1. The molecule has 0 saturated carbocycles. The first-order chi connectivity index (χ1) is 13.5. The summed E-state index contributed by atoms with van der Waals surface area (Å²) in [4.78, 5) is 14.6. The minimum absolute atomic E-state index is 0.136. The fraction of sp³-hybridized carbons (Fsp3) is 0.250. The van der Waals surface area contributed by atoms with Crippen molar-refractivity contribution in [2.24, 2.45) is 0 Å². The number of nitrogens with zero attached hydrogens (tertiary/aromatic N) is 1. The largest absolute Gasteiger partial charge is 0.497 e. The van der Waals surface area contributed by atoms with Crippen LogP contribution in [0.4, 0.5) is 5.69 Å². The Labute approximate surface area is 163 Å². The van der Waals surface area contributed by atoms with Crippen LogP contribution in [0.15, 0.2) is 58.3 Å². The second kappa shape index (κ2) is 7.29. The van der Waals surface area contributed by atoms with Gasteiger partial charge in [0.1, 0.15) is 5.75 Å². The predicted octanol–water partition coefficient (Wildman–Crippen LogP) is 2.12. The van der Waals surface area contributed by atoms with Gasteiger partial charge < -0.3 is 19.7 Å². The third-order valence-corrected chi connectivity index (χ3v) is 6.62. The summed E-state index contributed by atoms with van der Waals surface area (Å²) in [6.45, 7) is 1.51. The van der Waals surface area contributed by atoms with E-state index < -0.39 is 15.7 Å². The van der Waals surface area contributed by atoms with Gasteiger partial charge in [-0.25, -0.2) is 8.42 Å². The van der Waals surface area contributed by atoms with Gasteiger partial charge in [0.15, 0.2) is 4.91 Å². The van der Waals surface area contributed by atoms with Crippen molar-refractivity contribution < 1.29 is 22.7 Å². The van der Waals surface area contributed by atoms with E-state index in [-0.39, 0.29) is 9.80 Å². The molecular formula is C20H20N2O5S. The third kappa shape index (κ3) is 3.14. The molecule has 2 aromatic rings. The summed E-state index contributed by atoms with van der Waals surface area (Å²) < 4.78 is 36.9. The number of anilines is 1. The van der Waals surface area contributed by atoms with Crippen LogP contribution in [0.2, 0.25) is 0 Å². The minimum Gasteiger partial charge on any atom is -0.497 e. The topological polar surface area (TPSA) is 84.9 Å². The summed E-state index contributed by atoms with van der Waals surface area (Å²) in [6.07, 6.45) is 0. The highest BCUT2D eigenvalue weighted by atomic mass is 32.2. The maximum Gasteiger partial charge on any atom is 0.268 e. The number of morpholine rings is 1. The summed E-state index contributed by atoms with van der Waals surface area (Å²) in [5.41, 5.74) is 1.41. The number of carbonyl (C=O) groups is 1. The van der Waals surface area contributed by atoms with Gasteiger partial charge in [-0.15, -0.1) is 0 Å². The number of sulfone groups is 1. The van der Waals surface area contributed by atoms with E-state index in [4.69, 9.17) is 9.47 Å². The number of ether oxygens (including phenoxy) is 2. The number of hydrogen-bond acceptors (Lipinski definition) is 6. The second-order valence-corrected chi connectivity index (χ2v) is 8.32. The Bertz CT molecular complexity index is 1060. The summed E-state index contributed by atoms with van der Waals surface area (Å²) in [5, 5.41) is 3.14. The Morgan fingerprint density at radius 2 is 1.86 bits per heavy atom. The quantitative estimate of drug-likeness (QED) is 0.846. The van der Waals surface area contributed by atoms with Crippen LogP contribution >= 0.6 is 0 Å². The van der Waals surface area contributed by atoms with E-state index in [9.17, 15) is 13.2 Å². The first kappa shape index (κ1) is 18.5. The zero-order chi connectivity index (χ0) is 19.7. The van der Waals surface area contributed by atoms with E-state index in [2.05, 4.69) is 5.32 Å². The predicted molar refractivity (Wildman–Crippen MR) is 105 cm³/mol. The molecule has 0 aromatic heterocycles. The summed E-state index contributed by atoms with van der Waals surface area (Å²) in [7, 11) is -2.37. The van der Waals surface area contributed by atoms with Crippen molar-refractivity contribution in [3.63, 3.8) is 0 Å². The van der Waals surface area contributed by atoms with Gasteiger partial charge >= 0.3 is 0 Å². The van der Waals surface area contributed by atoms with Crippen molar-refractivity contribution in [1.82, 2.24) is 4.90 Å². The maximum atomic E-state index is 13.2. The van der Waals surface area contributed by atoms with Crippen LogP contribution in [0.5, 0.6) is 5.75 Å². The highest BCUT2D eigenvalue weighted by Gasteiger charge is 2.41. The second-order valence-electron chi connectivity index (χ2n) is 6.47. The number of carbonyl (C=O) groups excluding carboxylic acids is 1. The minimum atomic E-state index is -3.93. The summed E-state index contributed by atoms with van der Waals surface area (Å²) in [5.74, 6) is 0.116. The van der Waals surface area contributed by atoms with E-state index in [1.165, 1.54) is 11.0 Å². The fourth-order valence-electron chi connectivity index (χ4n) is 3.38. The molecule has 0 bridgehead atoms.